The third kappa shape index (κ3) is 2.79. The van der Waals surface area contributed by atoms with Gasteiger partial charge in [-0.05, 0) is 18.2 Å². The summed E-state index contributed by atoms with van der Waals surface area (Å²) >= 11 is 1.68. The quantitative estimate of drug-likeness (QED) is 0.354. The van der Waals surface area contributed by atoms with E-state index in [0.29, 0.717) is 22.4 Å². The number of aryl methyl sites for hydroxylation is 1. The molecule has 0 fully saturated rings. The van der Waals surface area contributed by atoms with Crippen molar-refractivity contribution in [3.8, 4) is 5.69 Å². The summed E-state index contributed by atoms with van der Waals surface area (Å²) in [6.45, 7) is 0. The number of nitrogens with one attached hydrogen (secondary N) is 1. The van der Waals surface area contributed by atoms with Crippen molar-refractivity contribution in [1.29, 1.82) is 0 Å². The molecule has 2 amide bonds. The zero-order chi connectivity index (χ0) is 23.7. The minimum atomic E-state index is -0.424. The summed E-state index contributed by atoms with van der Waals surface area (Å²) in [5.41, 5.74) is 4.80. The highest BCUT2D eigenvalue weighted by molar-refractivity contribution is 7.17. The topological polar surface area (TPSA) is 68.9 Å². The van der Waals surface area contributed by atoms with Gasteiger partial charge in [0.1, 0.15) is 5.69 Å². The highest BCUT2D eigenvalue weighted by Crippen LogP contribution is 2.40. The SMILES string of the molecule is Cn1nc(C2=C(c3cn(-c4csc5ccccc45)c4ccccc34)C(=O)NC2=O)c2ccccc21. The molecule has 1 aliphatic rings. The zero-order valence-electron chi connectivity index (χ0n) is 18.6. The molecule has 4 heterocycles. The summed E-state index contributed by atoms with van der Waals surface area (Å²) in [7, 11) is 1.84. The molecule has 0 unspecified atom stereocenters. The molecule has 7 rings (SSSR count). The van der Waals surface area contributed by atoms with Crippen molar-refractivity contribution in [2.24, 2.45) is 7.05 Å². The number of fused-ring (bicyclic) bond motifs is 3. The van der Waals surface area contributed by atoms with Crippen molar-refractivity contribution in [1.82, 2.24) is 19.7 Å². The van der Waals surface area contributed by atoms with Crippen LogP contribution in [0.15, 0.2) is 84.4 Å². The molecule has 0 saturated heterocycles. The number of thiophene rings is 1. The summed E-state index contributed by atoms with van der Waals surface area (Å²) in [4.78, 5) is 26.4. The average molecular weight is 475 g/mol. The molecule has 3 aromatic carbocycles. The first-order chi connectivity index (χ1) is 17.1. The van der Waals surface area contributed by atoms with Gasteiger partial charge in [0.05, 0.1) is 27.9 Å². The average Bonchev–Trinajstić information content (AvgIpc) is 3.61. The zero-order valence-corrected chi connectivity index (χ0v) is 19.5. The molecule has 6 nitrogen and oxygen atoms in total. The molecule has 0 atom stereocenters. The predicted octanol–water partition coefficient (Wildman–Crippen LogP) is 5.30. The van der Waals surface area contributed by atoms with Crippen LogP contribution in [0.2, 0.25) is 0 Å². The molecule has 7 heteroatoms. The Kier molecular flexibility index (Phi) is 4.13. The Bertz CT molecular complexity index is 1890. The van der Waals surface area contributed by atoms with Crippen molar-refractivity contribution < 1.29 is 9.59 Å². The normalized spacial score (nSPS) is 14.1. The van der Waals surface area contributed by atoms with Crippen molar-refractivity contribution in [2.75, 3.05) is 0 Å². The summed E-state index contributed by atoms with van der Waals surface area (Å²) in [6, 6.07) is 24.0. The molecule has 3 aromatic heterocycles. The Hall–Kier alpha value is -4.49. The van der Waals surface area contributed by atoms with Gasteiger partial charge in [-0.3, -0.25) is 19.6 Å². The van der Waals surface area contributed by atoms with Gasteiger partial charge in [0.2, 0.25) is 0 Å². The van der Waals surface area contributed by atoms with Gasteiger partial charge >= 0.3 is 0 Å². The number of rotatable bonds is 3. The lowest BCUT2D eigenvalue weighted by Crippen LogP contribution is -2.22. The Labute approximate surface area is 203 Å². The molecule has 0 saturated carbocycles. The fourth-order valence-electron chi connectivity index (χ4n) is 5.07. The van der Waals surface area contributed by atoms with E-state index in [0.717, 1.165) is 32.9 Å². The number of para-hydroxylation sites is 2. The number of amides is 2. The highest BCUT2D eigenvalue weighted by Gasteiger charge is 2.36. The van der Waals surface area contributed by atoms with E-state index in [9.17, 15) is 9.59 Å². The second-order valence-corrected chi connectivity index (χ2v) is 9.48. The van der Waals surface area contributed by atoms with Crippen molar-refractivity contribution in [2.45, 2.75) is 0 Å². The predicted molar refractivity (Wildman–Crippen MR) is 139 cm³/mol. The van der Waals surface area contributed by atoms with Crippen LogP contribution < -0.4 is 5.32 Å². The molecule has 168 valence electrons. The second-order valence-electron chi connectivity index (χ2n) is 8.57. The highest BCUT2D eigenvalue weighted by atomic mass is 32.1. The molecular formula is C28H18N4O2S. The Balaban J connectivity index is 1.55. The van der Waals surface area contributed by atoms with Crippen LogP contribution in [0.1, 0.15) is 11.3 Å². The number of nitrogens with zero attached hydrogens (tertiary/aromatic N) is 3. The molecule has 0 aliphatic carbocycles. The van der Waals surface area contributed by atoms with E-state index in [-0.39, 0.29) is 0 Å². The third-order valence-corrected chi connectivity index (χ3v) is 7.58. The monoisotopic (exact) mass is 474 g/mol. The number of imide groups is 1. The minimum absolute atomic E-state index is 0.310. The molecule has 0 bridgehead atoms. The number of carbonyl (C=O) groups excluding carboxylic acids is 2. The third-order valence-electron chi connectivity index (χ3n) is 6.63. The van der Waals surface area contributed by atoms with Gasteiger partial charge in [0.25, 0.3) is 11.8 Å². The molecule has 1 N–H and O–H groups in total. The molecule has 0 spiro atoms. The first-order valence-electron chi connectivity index (χ1n) is 11.2. The number of aromatic nitrogens is 3. The van der Waals surface area contributed by atoms with E-state index in [4.69, 9.17) is 0 Å². The second kappa shape index (κ2) is 7.25. The maximum atomic E-state index is 13.2. The molecule has 35 heavy (non-hydrogen) atoms. The van der Waals surface area contributed by atoms with Crippen LogP contribution in [0, 0.1) is 0 Å². The van der Waals surface area contributed by atoms with Gasteiger partial charge in [-0.2, -0.15) is 5.10 Å². The fourth-order valence-corrected chi connectivity index (χ4v) is 6.00. The van der Waals surface area contributed by atoms with Gasteiger partial charge < -0.3 is 4.57 Å². The molecule has 1 aliphatic heterocycles. The molecule has 6 aromatic rings. The molecular weight excluding hydrogens is 456 g/mol. The lowest BCUT2D eigenvalue weighted by atomic mass is 9.97. The summed E-state index contributed by atoms with van der Waals surface area (Å²) in [5.74, 6) is -0.829. The van der Waals surface area contributed by atoms with Crippen molar-refractivity contribution >= 4 is 66.2 Å². The Morgan fingerprint density at radius 1 is 0.771 bits per heavy atom. The summed E-state index contributed by atoms with van der Waals surface area (Å²) < 4.78 is 5.04. The van der Waals surface area contributed by atoms with Gasteiger partial charge in [-0.25, -0.2) is 0 Å². The van der Waals surface area contributed by atoms with Crippen molar-refractivity contribution in [3.05, 3.63) is 95.6 Å². The van der Waals surface area contributed by atoms with Gasteiger partial charge in [-0.1, -0.05) is 54.6 Å². The van der Waals surface area contributed by atoms with Crippen LogP contribution in [-0.4, -0.2) is 26.2 Å². The summed E-state index contributed by atoms with van der Waals surface area (Å²) in [5, 5.41) is 12.2. The Morgan fingerprint density at radius 3 is 2.26 bits per heavy atom. The maximum Gasteiger partial charge on any atom is 0.261 e. The van der Waals surface area contributed by atoms with E-state index < -0.39 is 11.8 Å². The van der Waals surface area contributed by atoms with Crippen LogP contribution in [0.5, 0.6) is 0 Å². The first-order valence-corrected chi connectivity index (χ1v) is 12.1. The minimum Gasteiger partial charge on any atom is -0.314 e. The lowest BCUT2D eigenvalue weighted by molar-refractivity contribution is -0.122. The van der Waals surface area contributed by atoms with E-state index >= 15 is 0 Å². The molecule has 0 radical (unpaired) electrons. The van der Waals surface area contributed by atoms with Crippen LogP contribution >= 0.6 is 11.3 Å². The first kappa shape index (κ1) is 19.9. The van der Waals surface area contributed by atoms with E-state index in [1.54, 1.807) is 16.0 Å². The van der Waals surface area contributed by atoms with Crippen LogP contribution in [0.25, 0.3) is 48.7 Å². The number of benzene rings is 3. The van der Waals surface area contributed by atoms with E-state index in [2.05, 4.69) is 32.5 Å². The Morgan fingerprint density at radius 2 is 1.43 bits per heavy atom. The van der Waals surface area contributed by atoms with Gasteiger partial charge in [-0.15, -0.1) is 11.3 Å². The van der Waals surface area contributed by atoms with Crippen LogP contribution in [-0.2, 0) is 16.6 Å². The number of carbonyl (C=O) groups is 2. The lowest BCUT2D eigenvalue weighted by Gasteiger charge is -2.03. The van der Waals surface area contributed by atoms with Gasteiger partial charge in [0.15, 0.2) is 0 Å². The summed E-state index contributed by atoms with van der Waals surface area (Å²) in [6.07, 6.45) is 1.97. The van der Waals surface area contributed by atoms with Gasteiger partial charge in [0, 0.05) is 45.0 Å². The largest absolute Gasteiger partial charge is 0.314 e. The van der Waals surface area contributed by atoms with Crippen LogP contribution in [0.4, 0.5) is 0 Å². The number of hydrogen-bond acceptors (Lipinski definition) is 4. The standard InChI is InChI=1S/C28H18N4O2S/c1-31-20-11-5-3-10-18(20)26(30-31)25-24(27(33)29-28(25)34)19-14-32(21-12-6-2-8-16(19)21)22-15-35-23-13-7-4-9-17(22)23/h2-15H,1H3,(H,29,33,34). The fraction of sp³-hybridized carbons (Fsp3) is 0.0357. The smallest absolute Gasteiger partial charge is 0.261 e. The number of hydrogen-bond donors (Lipinski definition) is 1. The van der Waals surface area contributed by atoms with E-state index in [1.807, 2.05) is 73.9 Å². The van der Waals surface area contributed by atoms with Crippen molar-refractivity contribution in [3.63, 3.8) is 0 Å². The maximum absolute atomic E-state index is 13.2. The van der Waals surface area contributed by atoms with E-state index in [1.165, 1.54) is 4.70 Å². The van der Waals surface area contributed by atoms with Crippen LogP contribution in [0.3, 0.4) is 0 Å².